The van der Waals surface area contributed by atoms with E-state index in [0.717, 1.165) is 14.2 Å². The van der Waals surface area contributed by atoms with E-state index in [4.69, 9.17) is 5.11 Å². The van der Waals surface area contributed by atoms with E-state index in [2.05, 4.69) is 11.6 Å². The van der Waals surface area contributed by atoms with Gasteiger partial charge in [0.15, 0.2) is 0 Å². The molecule has 0 amide bonds. The van der Waals surface area contributed by atoms with Crippen LogP contribution in [0, 0.1) is 0 Å². The summed E-state index contributed by atoms with van der Waals surface area (Å²) < 4.78 is 314. The van der Waals surface area contributed by atoms with Crippen LogP contribution in [0.3, 0.4) is 0 Å². The third-order valence-electron chi connectivity index (χ3n) is 3.75. The minimum atomic E-state index is -8.76. The van der Waals surface area contributed by atoms with Gasteiger partial charge in [-0.15, -0.1) is 0 Å². The van der Waals surface area contributed by atoms with Crippen molar-refractivity contribution in [1.82, 2.24) is 0 Å². The zero-order valence-corrected chi connectivity index (χ0v) is 17.9. The zero-order valence-electron chi connectivity index (χ0n) is 17.1. The van der Waals surface area contributed by atoms with E-state index >= 15 is 0 Å². The number of hydrogen-bond acceptors (Lipinski definition) is 4. The van der Waals surface area contributed by atoms with Crippen LogP contribution in [0.5, 0.6) is 0 Å². The molecule has 0 spiro atoms. The van der Waals surface area contributed by atoms with Crippen LogP contribution in [-0.4, -0.2) is 76.9 Å². The van der Waals surface area contributed by atoms with Crippen LogP contribution < -0.4 is 0 Å². The molecule has 0 saturated carbocycles. The molecule has 1 N–H and O–H groups in total. The van der Waals surface area contributed by atoms with Crippen molar-refractivity contribution in [1.29, 1.82) is 0 Å². The predicted octanol–water partition coefficient (Wildman–Crippen LogP) is 7.55. The Morgan fingerprint density at radius 1 is 0.341 bits per heavy atom. The number of ether oxygens (including phenoxy) is 3. The first-order chi connectivity index (χ1) is 17.1. The third-order valence-corrected chi connectivity index (χ3v) is 4.19. The Morgan fingerprint density at radius 2 is 0.610 bits per heavy atom. The second-order valence-electron chi connectivity index (χ2n) is 6.75. The van der Waals surface area contributed by atoms with Crippen LogP contribution in [0.2, 0.25) is 0 Å². The lowest BCUT2D eigenvalue weighted by Crippen LogP contribution is -2.71. The smallest absolute Gasteiger partial charge is 0.348 e. The van der Waals surface area contributed by atoms with Crippen molar-refractivity contribution in [3.63, 3.8) is 0 Å². The van der Waals surface area contributed by atoms with Crippen molar-refractivity contribution in [3.8, 4) is 0 Å². The van der Waals surface area contributed by atoms with E-state index in [-0.39, 0.29) is 0 Å². The molecular weight excluding hydrogens is 700 g/mol. The van der Waals surface area contributed by atoms with Crippen molar-refractivity contribution in [2.45, 2.75) is 71.8 Å². The van der Waals surface area contributed by atoms with Gasteiger partial charge in [0.25, 0.3) is 0 Å². The average molecular weight is 701 g/mol. The first-order valence-electron chi connectivity index (χ1n) is 8.17. The van der Waals surface area contributed by atoms with Crippen LogP contribution in [-0.2, 0) is 14.2 Å². The van der Waals surface area contributed by atoms with Gasteiger partial charge in [0.1, 0.15) is 0 Å². The molecule has 4 unspecified atom stereocenters. The number of hydrogen-bond donors (Lipinski definition) is 1. The summed E-state index contributed by atoms with van der Waals surface area (Å²) in [5.74, 6) is -25.1. The highest BCUT2D eigenvalue weighted by molar-refractivity contribution is 6.24. The molecule has 0 fully saturated rings. The first kappa shape index (κ1) is 39.4. The standard InChI is InChI=1S/C12HClF24O4/c13-1(14,5(18,19)20)9(30,31)41-12(36,37)4(17,8(27,28)29)40-11(34,35)3(16,7(24,25)26)39-10(32,33)2(15,38)6(21,22)23/h38H. The molecule has 0 saturated heterocycles. The van der Waals surface area contributed by atoms with E-state index in [1.165, 1.54) is 0 Å². The molecule has 0 aromatic carbocycles. The molecular formula is C12HClF24O4. The van der Waals surface area contributed by atoms with E-state index < -0.39 is 71.8 Å². The lowest BCUT2D eigenvalue weighted by Gasteiger charge is -2.42. The Hall–Kier alpha value is -1.55. The van der Waals surface area contributed by atoms with Crippen molar-refractivity contribution in [3.05, 3.63) is 0 Å². The van der Waals surface area contributed by atoms with E-state index in [1.54, 1.807) is 0 Å². The van der Waals surface area contributed by atoms with E-state index in [9.17, 15) is 105 Å². The van der Waals surface area contributed by atoms with Gasteiger partial charge in [-0.25, -0.2) is 9.13 Å². The van der Waals surface area contributed by atoms with Gasteiger partial charge in [-0.1, -0.05) is 11.6 Å². The minimum Gasteiger partial charge on any atom is -0.348 e. The molecule has 0 aliphatic heterocycles. The predicted molar refractivity (Wildman–Crippen MR) is 70.7 cm³/mol. The first-order valence-corrected chi connectivity index (χ1v) is 8.55. The molecule has 0 radical (unpaired) electrons. The van der Waals surface area contributed by atoms with Gasteiger partial charge in [0, 0.05) is 0 Å². The molecule has 248 valence electrons. The van der Waals surface area contributed by atoms with Crippen LogP contribution in [0.4, 0.5) is 105 Å². The van der Waals surface area contributed by atoms with Gasteiger partial charge in [-0.05, 0) is 0 Å². The number of rotatable bonds is 10. The molecule has 4 nitrogen and oxygen atoms in total. The maximum atomic E-state index is 14.0. The molecule has 0 aliphatic rings. The SMILES string of the molecule is OC(F)(C(F)(F)F)C(F)(F)OC(F)(C(F)(F)F)C(F)(F)OC(F)(C(F)(F)F)C(F)(F)OC(F)(F)C(F)(Cl)C(F)(F)F. The Bertz CT molecular complexity index is 931. The van der Waals surface area contributed by atoms with Gasteiger partial charge in [0.05, 0.1) is 0 Å². The Kier molecular flexibility index (Phi) is 9.62. The van der Waals surface area contributed by atoms with Gasteiger partial charge >= 0.3 is 71.8 Å². The van der Waals surface area contributed by atoms with E-state index in [0.29, 0.717) is 0 Å². The summed E-state index contributed by atoms with van der Waals surface area (Å²) in [4.78, 5) is 0. The lowest BCUT2D eigenvalue weighted by molar-refractivity contribution is -0.583. The molecule has 0 aromatic rings. The summed E-state index contributed by atoms with van der Waals surface area (Å²) in [6.07, 6.45) is -65.2. The monoisotopic (exact) mass is 700 g/mol. The summed E-state index contributed by atoms with van der Waals surface area (Å²) in [5.41, 5.74) is 0. The molecule has 0 rings (SSSR count). The van der Waals surface area contributed by atoms with Crippen molar-refractivity contribution in [2.75, 3.05) is 0 Å². The summed E-state index contributed by atoms with van der Waals surface area (Å²) in [5, 5.41) is 0.739. The van der Waals surface area contributed by atoms with Crippen molar-refractivity contribution in [2.24, 2.45) is 0 Å². The fraction of sp³-hybridized carbons (Fsp3) is 1.00. The van der Waals surface area contributed by atoms with Crippen LogP contribution >= 0.6 is 11.6 Å². The van der Waals surface area contributed by atoms with E-state index in [1.807, 2.05) is 0 Å². The Labute approximate surface area is 209 Å². The normalized spacial score (nSPS) is 21.5. The Balaban J connectivity index is 7.18. The summed E-state index contributed by atoms with van der Waals surface area (Å²) in [6, 6.07) is 0. The van der Waals surface area contributed by atoms with Gasteiger partial charge in [-0.2, -0.15) is 101 Å². The maximum Gasteiger partial charge on any atom is 0.458 e. The van der Waals surface area contributed by atoms with Crippen molar-refractivity contribution >= 4 is 11.6 Å². The average Bonchev–Trinajstić information content (AvgIpc) is 2.62. The molecule has 0 aliphatic carbocycles. The second-order valence-corrected chi connectivity index (χ2v) is 7.27. The molecule has 41 heavy (non-hydrogen) atoms. The van der Waals surface area contributed by atoms with Gasteiger partial charge in [-0.3, -0.25) is 9.47 Å². The fourth-order valence-corrected chi connectivity index (χ4v) is 1.71. The molecule has 29 heteroatoms. The van der Waals surface area contributed by atoms with Crippen molar-refractivity contribution < 1.29 is 125 Å². The summed E-state index contributed by atoms with van der Waals surface area (Å²) in [6.45, 7) is 0. The third kappa shape index (κ3) is 6.53. The second kappa shape index (κ2) is 10.00. The summed E-state index contributed by atoms with van der Waals surface area (Å²) in [7, 11) is 0. The van der Waals surface area contributed by atoms with Crippen LogP contribution in [0.15, 0.2) is 0 Å². The number of halogens is 25. The fourth-order valence-electron chi connectivity index (χ4n) is 1.67. The lowest BCUT2D eigenvalue weighted by atomic mass is 10.2. The largest absolute Gasteiger partial charge is 0.458 e. The highest BCUT2D eigenvalue weighted by atomic mass is 35.5. The van der Waals surface area contributed by atoms with Crippen LogP contribution in [0.1, 0.15) is 0 Å². The van der Waals surface area contributed by atoms with Gasteiger partial charge < -0.3 is 5.11 Å². The van der Waals surface area contributed by atoms with Crippen LogP contribution in [0.25, 0.3) is 0 Å². The van der Waals surface area contributed by atoms with Gasteiger partial charge in [0.2, 0.25) is 0 Å². The quantitative estimate of drug-likeness (QED) is 0.189. The molecule has 4 atom stereocenters. The maximum absolute atomic E-state index is 14.0. The molecule has 0 bridgehead atoms. The summed E-state index contributed by atoms with van der Waals surface area (Å²) >= 11 is 3.44. The highest BCUT2D eigenvalue weighted by Gasteiger charge is 2.88. The Morgan fingerprint density at radius 3 is 0.854 bits per heavy atom. The zero-order chi connectivity index (χ0) is 34.1. The molecule has 0 heterocycles. The minimum absolute atomic E-state index is 1.02. The molecule has 0 aromatic heterocycles. The number of aliphatic hydroxyl groups is 1. The highest BCUT2D eigenvalue weighted by Crippen LogP contribution is 2.59. The topological polar surface area (TPSA) is 47.9 Å². The number of alkyl halides is 25.